The number of hydrogen-bond acceptors (Lipinski definition) is 4. The molecule has 0 radical (unpaired) electrons. The van der Waals surface area contributed by atoms with E-state index in [9.17, 15) is 9.59 Å². The van der Waals surface area contributed by atoms with E-state index in [1.54, 1.807) is 0 Å². The number of hydrogen-bond donors (Lipinski definition) is 3. The Morgan fingerprint density at radius 2 is 1.56 bits per heavy atom. The highest BCUT2D eigenvalue weighted by molar-refractivity contribution is 5.84. The zero-order chi connectivity index (χ0) is 25.1. The molecular formula is C28H41N3O3. The molecule has 0 fully saturated rings. The van der Waals surface area contributed by atoms with Gasteiger partial charge in [0.05, 0.1) is 24.6 Å². The third-order valence-corrected chi connectivity index (χ3v) is 6.11. The maximum atomic E-state index is 13.0. The Labute approximate surface area is 204 Å². The summed E-state index contributed by atoms with van der Waals surface area (Å²) in [6.45, 7) is 11.0. The molecule has 0 saturated carbocycles. The van der Waals surface area contributed by atoms with Crippen LogP contribution in [-0.4, -0.2) is 31.0 Å². The first-order valence-corrected chi connectivity index (χ1v) is 12.3. The molecule has 0 spiro atoms. The van der Waals surface area contributed by atoms with E-state index in [0.717, 1.165) is 29.7 Å². The van der Waals surface area contributed by atoms with Crippen LogP contribution in [0.4, 0.5) is 0 Å². The van der Waals surface area contributed by atoms with E-state index < -0.39 is 12.1 Å². The average molecular weight is 468 g/mol. The van der Waals surface area contributed by atoms with Gasteiger partial charge in [-0.1, -0.05) is 76.6 Å². The molecule has 0 aliphatic carbocycles. The van der Waals surface area contributed by atoms with Crippen LogP contribution >= 0.6 is 0 Å². The zero-order valence-electron chi connectivity index (χ0n) is 21.2. The van der Waals surface area contributed by atoms with Crippen molar-refractivity contribution in [2.45, 2.75) is 65.5 Å². The van der Waals surface area contributed by atoms with Gasteiger partial charge in [-0.25, -0.2) is 0 Å². The third kappa shape index (κ3) is 8.49. The second kappa shape index (κ2) is 13.8. The maximum absolute atomic E-state index is 13.0. The molecule has 0 aromatic heterocycles. The van der Waals surface area contributed by atoms with Gasteiger partial charge in [-0.05, 0) is 48.4 Å². The number of nitrogens with one attached hydrogen (secondary N) is 2. The number of ether oxygens (including phenoxy) is 1. The summed E-state index contributed by atoms with van der Waals surface area (Å²) in [5.74, 6) is 0.664. The molecule has 0 saturated heterocycles. The van der Waals surface area contributed by atoms with Crippen LogP contribution in [0, 0.1) is 11.8 Å². The van der Waals surface area contributed by atoms with Crippen LogP contribution in [0.1, 0.15) is 70.5 Å². The molecule has 4 atom stereocenters. The highest BCUT2D eigenvalue weighted by atomic mass is 16.5. The highest BCUT2D eigenvalue weighted by Gasteiger charge is 2.23. The second-order valence-electron chi connectivity index (χ2n) is 9.48. The van der Waals surface area contributed by atoms with Crippen LogP contribution in [0.15, 0.2) is 54.6 Å². The molecule has 0 bridgehead atoms. The van der Waals surface area contributed by atoms with Crippen molar-refractivity contribution in [3.63, 3.8) is 0 Å². The van der Waals surface area contributed by atoms with Gasteiger partial charge < -0.3 is 21.1 Å². The molecule has 0 heterocycles. The maximum Gasteiger partial charge on any atom is 0.237 e. The van der Waals surface area contributed by atoms with Crippen LogP contribution in [0.25, 0.3) is 0 Å². The summed E-state index contributed by atoms with van der Waals surface area (Å²) in [6.07, 6.45) is 2.27. The molecule has 186 valence electrons. The van der Waals surface area contributed by atoms with Crippen LogP contribution in [-0.2, 0) is 9.59 Å². The summed E-state index contributed by atoms with van der Waals surface area (Å²) < 4.78 is 5.91. The Kier molecular flexibility index (Phi) is 11.1. The first-order valence-electron chi connectivity index (χ1n) is 12.3. The summed E-state index contributed by atoms with van der Waals surface area (Å²) in [4.78, 5) is 25.5. The van der Waals surface area contributed by atoms with Crippen molar-refractivity contribution in [2.75, 3.05) is 13.2 Å². The number of carbonyl (C=O) groups excluding carboxylic acids is 2. The largest absolute Gasteiger partial charge is 0.493 e. The minimum atomic E-state index is -0.597. The molecule has 2 aromatic rings. The zero-order valence-corrected chi connectivity index (χ0v) is 21.2. The Morgan fingerprint density at radius 3 is 2.15 bits per heavy atom. The molecule has 6 nitrogen and oxygen atoms in total. The van der Waals surface area contributed by atoms with Gasteiger partial charge >= 0.3 is 0 Å². The van der Waals surface area contributed by atoms with Crippen LogP contribution in [0.5, 0.6) is 5.75 Å². The number of rotatable bonds is 13. The van der Waals surface area contributed by atoms with E-state index in [0.29, 0.717) is 12.5 Å². The van der Waals surface area contributed by atoms with E-state index in [1.165, 1.54) is 0 Å². The number of carbonyl (C=O) groups is 2. The van der Waals surface area contributed by atoms with Gasteiger partial charge in [0.25, 0.3) is 0 Å². The Bertz CT molecular complexity index is 884. The first-order chi connectivity index (χ1) is 16.2. The van der Waals surface area contributed by atoms with Crippen molar-refractivity contribution in [3.8, 4) is 5.75 Å². The summed E-state index contributed by atoms with van der Waals surface area (Å²) in [5, 5.41) is 6.01. The van der Waals surface area contributed by atoms with Crippen molar-refractivity contribution < 1.29 is 14.3 Å². The van der Waals surface area contributed by atoms with E-state index in [4.69, 9.17) is 10.5 Å². The van der Waals surface area contributed by atoms with Gasteiger partial charge in [0.15, 0.2) is 0 Å². The smallest absolute Gasteiger partial charge is 0.237 e. The fourth-order valence-corrected chi connectivity index (χ4v) is 3.68. The Balaban J connectivity index is 2.12. The predicted octanol–water partition coefficient (Wildman–Crippen LogP) is 4.56. The molecule has 1 unspecified atom stereocenters. The molecule has 2 amide bonds. The second-order valence-corrected chi connectivity index (χ2v) is 9.48. The molecule has 0 aliphatic heterocycles. The molecule has 0 aliphatic rings. The van der Waals surface area contributed by atoms with Crippen molar-refractivity contribution in [2.24, 2.45) is 17.6 Å². The third-order valence-electron chi connectivity index (χ3n) is 6.11. The van der Waals surface area contributed by atoms with E-state index in [-0.39, 0.29) is 30.2 Å². The molecule has 2 rings (SSSR count). The number of nitrogens with two attached hydrogens (primary N) is 1. The number of benzene rings is 2. The fraction of sp³-hybridized carbons (Fsp3) is 0.500. The average Bonchev–Trinajstić information content (AvgIpc) is 2.85. The summed E-state index contributed by atoms with van der Waals surface area (Å²) in [5.41, 5.74) is 7.82. The lowest BCUT2D eigenvalue weighted by molar-refractivity contribution is -0.125. The van der Waals surface area contributed by atoms with Gasteiger partial charge in [0.2, 0.25) is 11.8 Å². The van der Waals surface area contributed by atoms with Gasteiger partial charge in [-0.3, -0.25) is 9.59 Å². The Hall–Kier alpha value is -2.86. The monoisotopic (exact) mass is 467 g/mol. The minimum absolute atomic E-state index is 0.0256. The van der Waals surface area contributed by atoms with E-state index >= 15 is 0 Å². The Morgan fingerprint density at radius 1 is 0.912 bits per heavy atom. The van der Waals surface area contributed by atoms with Gasteiger partial charge in [0, 0.05) is 6.54 Å². The minimum Gasteiger partial charge on any atom is -0.493 e. The van der Waals surface area contributed by atoms with Crippen molar-refractivity contribution in [1.82, 2.24) is 10.6 Å². The highest BCUT2D eigenvalue weighted by Crippen LogP contribution is 2.21. The van der Waals surface area contributed by atoms with Crippen molar-refractivity contribution in [3.05, 3.63) is 65.7 Å². The van der Waals surface area contributed by atoms with Gasteiger partial charge in [-0.15, -0.1) is 0 Å². The fourth-order valence-electron chi connectivity index (χ4n) is 3.68. The van der Waals surface area contributed by atoms with Gasteiger partial charge in [-0.2, -0.15) is 0 Å². The first kappa shape index (κ1) is 27.4. The normalized spacial score (nSPS) is 14.7. The quantitative estimate of drug-likeness (QED) is 0.402. The van der Waals surface area contributed by atoms with E-state index in [1.807, 2.05) is 75.4 Å². The van der Waals surface area contributed by atoms with Crippen LogP contribution in [0.3, 0.4) is 0 Å². The summed E-state index contributed by atoms with van der Waals surface area (Å²) in [7, 11) is 0. The lowest BCUT2D eigenvalue weighted by atomic mass is 9.99. The predicted molar refractivity (Wildman–Crippen MR) is 138 cm³/mol. The lowest BCUT2D eigenvalue weighted by Gasteiger charge is -2.24. The van der Waals surface area contributed by atoms with Gasteiger partial charge in [0.1, 0.15) is 5.75 Å². The lowest BCUT2D eigenvalue weighted by Crippen LogP contribution is -2.47. The number of amides is 2. The molecule has 6 heteroatoms. The molecule has 4 N–H and O–H groups in total. The molecule has 34 heavy (non-hydrogen) atoms. The standard InChI is InChI=1S/C28H41N3O3/c1-6-10-20(4)18-34-24-15-13-23(14-16-24)25(17-30-28(33)26(29)19(2)3)31-27(32)21(5)22-11-8-7-9-12-22/h7-9,11-16,19-21,25-26H,6,10,17-18,29H2,1-5H3,(H,30,33)(H,31,32)/t20?,21-,25-,26-/m0/s1. The van der Waals surface area contributed by atoms with Crippen LogP contribution in [0.2, 0.25) is 0 Å². The topological polar surface area (TPSA) is 93.4 Å². The SMILES string of the molecule is CCCC(C)COc1ccc([C@H](CNC(=O)[C@@H](N)C(C)C)NC(=O)[C@@H](C)c2ccccc2)cc1. The van der Waals surface area contributed by atoms with Crippen molar-refractivity contribution in [1.29, 1.82) is 0 Å². The molecular weight excluding hydrogens is 426 g/mol. The van der Waals surface area contributed by atoms with E-state index in [2.05, 4.69) is 24.5 Å². The summed E-state index contributed by atoms with van der Waals surface area (Å²) >= 11 is 0. The van der Waals surface area contributed by atoms with Crippen molar-refractivity contribution >= 4 is 11.8 Å². The summed E-state index contributed by atoms with van der Waals surface area (Å²) in [6, 6.07) is 16.4. The van der Waals surface area contributed by atoms with Crippen LogP contribution < -0.4 is 21.1 Å². The molecule has 2 aromatic carbocycles.